The number of carbonyl (C=O) groups excluding carboxylic acids is 2. The highest BCUT2D eigenvalue weighted by Crippen LogP contribution is 2.36. The molecule has 0 aromatic heterocycles. The summed E-state index contributed by atoms with van der Waals surface area (Å²) in [5.74, 6) is -1.10. The number of carbonyl (C=O) groups is 3. The Morgan fingerprint density at radius 3 is 2.29 bits per heavy atom. The Bertz CT molecular complexity index is 1060. The predicted molar refractivity (Wildman–Crippen MR) is 134 cm³/mol. The number of rotatable bonds is 7. The van der Waals surface area contributed by atoms with Crippen molar-refractivity contribution in [1.29, 1.82) is 0 Å². The number of piperidine rings is 1. The molecule has 2 aromatic rings. The molecule has 0 aliphatic carbocycles. The lowest BCUT2D eigenvalue weighted by Gasteiger charge is -2.42. The van der Waals surface area contributed by atoms with E-state index < -0.39 is 17.4 Å². The van der Waals surface area contributed by atoms with E-state index in [1.54, 1.807) is 0 Å². The molecule has 35 heavy (non-hydrogen) atoms. The van der Waals surface area contributed by atoms with Crippen molar-refractivity contribution in [2.24, 2.45) is 5.92 Å². The van der Waals surface area contributed by atoms with Crippen molar-refractivity contribution in [2.75, 3.05) is 13.1 Å². The maximum atomic E-state index is 13.6. The molecule has 0 saturated carbocycles. The van der Waals surface area contributed by atoms with Crippen molar-refractivity contribution in [3.05, 3.63) is 71.3 Å². The van der Waals surface area contributed by atoms with E-state index in [4.69, 9.17) is 0 Å². The lowest BCUT2D eigenvalue weighted by molar-refractivity contribution is -0.144. The molecule has 4 rings (SSSR count). The van der Waals surface area contributed by atoms with Gasteiger partial charge in [-0.05, 0) is 48.3 Å². The number of fused-ring (bicyclic) bond motifs is 1. The highest BCUT2D eigenvalue weighted by molar-refractivity contribution is 5.92. The first kappa shape index (κ1) is 24.9. The Balaban J connectivity index is 1.49. The van der Waals surface area contributed by atoms with Gasteiger partial charge in [-0.3, -0.25) is 9.59 Å². The summed E-state index contributed by atoms with van der Waals surface area (Å²) in [6.45, 7) is 5.45. The molecule has 2 atom stereocenters. The molecule has 0 bridgehead atoms. The van der Waals surface area contributed by atoms with Crippen molar-refractivity contribution >= 4 is 17.8 Å². The maximum absolute atomic E-state index is 13.6. The number of carboxylic acid groups (broad SMARTS) is 1. The number of nitrogens with one attached hydrogen (secondary N) is 2. The van der Waals surface area contributed by atoms with Crippen LogP contribution in [0.5, 0.6) is 0 Å². The van der Waals surface area contributed by atoms with Gasteiger partial charge in [-0.25, -0.2) is 4.79 Å². The third kappa shape index (κ3) is 5.40. The summed E-state index contributed by atoms with van der Waals surface area (Å²) in [4.78, 5) is 40.7. The van der Waals surface area contributed by atoms with Crippen LogP contribution in [0.3, 0.4) is 0 Å². The van der Waals surface area contributed by atoms with Gasteiger partial charge in [-0.15, -0.1) is 0 Å². The average molecular weight is 478 g/mol. The minimum atomic E-state index is -1.02. The largest absolute Gasteiger partial charge is 0.480 e. The molecule has 3 N–H and O–H groups in total. The number of nitrogens with zero attached hydrogens (tertiary/aromatic N) is 1. The van der Waals surface area contributed by atoms with Crippen LogP contribution < -0.4 is 10.6 Å². The van der Waals surface area contributed by atoms with Crippen LogP contribution in [0, 0.1) is 5.92 Å². The van der Waals surface area contributed by atoms with Crippen molar-refractivity contribution in [1.82, 2.24) is 15.5 Å². The van der Waals surface area contributed by atoms with Crippen LogP contribution in [0.1, 0.15) is 49.8 Å². The minimum Gasteiger partial charge on any atom is -0.480 e. The third-order valence-corrected chi connectivity index (χ3v) is 7.38. The lowest BCUT2D eigenvalue weighted by Crippen LogP contribution is -2.58. The zero-order valence-corrected chi connectivity index (χ0v) is 20.5. The SMILES string of the molecule is CC(C)C[C@H](NC(=O)C1(c2ccccc2)CCN(C(=O)[C@@H]2Cc3ccccc3CN2)CC1)C(=O)O. The Morgan fingerprint density at radius 1 is 1.03 bits per heavy atom. The van der Waals surface area contributed by atoms with Gasteiger partial charge in [0.25, 0.3) is 0 Å². The number of likely N-dealkylation sites (tertiary alicyclic amines) is 1. The summed E-state index contributed by atoms with van der Waals surface area (Å²) in [5, 5.41) is 15.9. The summed E-state index contributed by atoms with van der Waals surface area (Å²) in [6.07, 6.45) is 1.93. The average Bonchev–Trinajstić information content (AvgIpc) is 2.87. The van der Waals surface area contributed by atoms with Crippen molar-refractivity contribution in [3.63, 3.8) is 0 Å². The molecule has 2 heterocycles. The van der Waals surface area contributed by atoms with Crippen LogP contribution in [0.15, 0.2) is 54.6 Å². The van der Waals surface area contributed by atoms with Gasteiger partial charge in [-0.2, -0.15) is 0 Å². The van der Waals surface area contributed by atoms with Gasteiger partial charge in [0.1, 0.15) is 6.04 Å². The van der Waals surface area contributed by atoms with Crippen LogP contribution in [-0.4, -0.2) is 53.0 Å². The molecule has 2 aliphatic rings. The lowest BCUT2D eigenvalue weighted by atomic mass is 9.71. The third-order valence-electron chi connectivity index (χ3n) is 7.38. The van der Waals surface area contributed by atoms with Gasteiger partial charge in [0.05, 0.1) is 11.5 Å². The molecule has 0 spiro atoms. The molecule has 2 aliphatic heterocycles. The van der Waals surface area contributed by atoms with Crippen LogP contribution in [0.2, 0.25) is 0 Å². The standard InChI is InChI=1S/C28H35N3O4/c1-19(2)16-24(26(33)34)30-27(35)28(22-10-4-3-5-11-22)12-14-31(15-13-28)25(32)23-17-20-8-6-7-9-21(20)18-29-23/h3-11,19,23-24,29H,12-18H2,1-2H3,(H,30,35)(H,33,34)/t23-,24-/m0/s1. The van der Waals surface area contributed by atoms with E-state index in [0.717, 1.165) is 5.56 Å². The van der Waals surface area contributed by atoms with E-state index in [1.165, 1.54) is 11.1 Å². The summed E-state index contributed by atoms with van der Waals surface area (Å²) < 4.78 is 0. The topological polar surface area (TPSA) is 98.7 Å². The molecule has 0 radical (unpaired) electrons. The van der Waals surface area contributed by atoms with E-state index in [-0.39, 0.29) is 23.8 Å². The zero-order valence-electron chi connectivity index (χ0n) is 20.5. The monoisotopic (exact) mass is 477 g/mol. The maximum Gasteiger partial charge on any atom is 0.326 e. The fourth-order valence-electron chi connectivity index (χ4n) is 5.35. The first-order chi connectivity index (χ1) is 16.8. The molecule has 2 amide bonds. The van der Waals surface area contributed by atoms with Crippen LogP contribution in [-0.2, 0) is 32.8 Å². The second kappa shape index (κ2) is 10.6. The van der Waals surface area contributed by atoms with E-state index in [2.05, 4.69) is 22.8 Å². The summed E-state index contributed by atoms with van der Waals surface area (Å²) >= 11 is 0. The molecular formula is C28H35N3O4. The molecule has 7 nitrogen and oxygen atoms in total. The Kier molecular flexibility index (Phi) is 7.55. The first-order valence-electron chi connectivity index (χ1n) is 12.5. The van der Waals surface area contributed by atoms with Gasteiger partial charge in [0.2, 0.25) is 11.8 Å². The fraction of sp³-hybridized carbons (Fsp3) is 0.464. The normalized spacial score (nSPS) is 20.1. The van der Waals surface area contributed by atoms with Gasteiger partial charge < -0.3 is 20.6 Å². The van der Waals surface area contributed by atoms with Gasteiger partial charge in [0.15, 0.2) is 0 Å². The number of carboxylic acids is 1. The van der Waals surface area contributed by atoms with Crippen molar-refractivity contribution < 1.29 is 19.5 Å². The molecule has 2 aromatic carbocycles. The quantitative estimate of drug-likeness (QED) is 0.570. The molecular weight excluding hydrogens is 442 g/mol. The number of amides is 2. The second-order valence-corrected chi connectivity index (χ2v) is 10.2. The molecule has 186 valence electrons. The van der Waals surface area contributed by atoms with E-state index in [0.29, 0.717) is 45.3 Å². The van der Waals surface area contributed by atoms with Crippen LogP contribution in [0.4, 0.5) is 0 Å². The Labute approximate surface area is 206 Å². The second-order valence-electron chi connectivity index (χ2n) is 10.2. The highest BCUT2D eigenvalue weighted by atomic mass is 16.4. The number of aliphatic carboxylic acids is 1. The molecule has 1 saturated heterocycles. The molecule has 0 unspecified atom stereocenters. The van der Waals surface area contributed by atoms with Gasteiger partial charge in [-0.1, -0.05) is 68.4 Å². The van der Waals surface area contributed by atoms with Crippen molar-refractivity contribution in [2.45, 2.75) is 63.6 Å². The Morgan fingerprint density at radius 2 is 1.66 bits per heavy atom. The fourth-order valence-corrected chi connectivity index (χ4v) is 5.35. The van der Waals surface area contributed by atoms with E-state index in [1.807, 2.05) is 61.2 Å². The minimum absolute atomic E-state index is 0.0600. The van der Waals surface area contributed by atoms with E-state index in [9.17, 15) is 19.5 Å². The van der Waals surface area contributed by atoms with Crippen molar-refractivity contribution in [3.8, 4) is 0 Å². The first-order valence-corrected chi connectivity index (χ1v) is 12.5. The number of hydrogen-bond acceptors (Lipinski definition) is 4. The summed E-state index contributed by atoms with van der Waals surface area (Å²) in [5.41, 5.74) is 2.42. The van der Waals surface area contributed by atoms with Gasteiger partial charge in [0, 0.05) is 19.6 Å². The highest BCUT2D eigenvalue weighted by Gasteiger charge is 2.45. The number of hydrogen-bond donors (Lipinski definition) is 3. The smallest absolute Gasteiger partial charge is 0.326 e. The van der Waals surface area contributed by atoms with Crippen LogP contribution >= 0.6 is 0 Å². The number of benzene rings is 2. The summed E-state index contributed by atoms with van der Waals surface area (Å²) in [7, 11) is 0. The van der Waals surface area contributed by atoms with Gasteiger partial charge >= 0.3 is 5.97 Å². The zero-order chi connectivity index (χ0) is 25.0. The molecule has 1 fully saturated rings. The predicted octanol–water partition coefficient (Wildman–Crippen LogP) is 2.88. The van der Waals surface area contributed by atoms with Crippen LogP contribution in [0.25, 0.3) is 0 Å². The molecule has 7 heteroatoms. The summed E-state index contributed by atoms with van der Waals surface area (Å²) in [6, 6.07) is 16.5. The Hall–Kier alpha value is -3.19. The van der Waals surface area contributed by atoms with E-state index >= 15 is 0 Å².